The van der Waals surface area contributed by atoms with E-state index in [-0.39, 0.29) is 5.91 Å². The standard InChI is InChI=1S/C24H19N5O/c1-28(2)24(30)16-10-11-21-22(18-12-14-26-19-8-4-3-7-17(18)19)23(27-29(21)15-16)20-9-5-6-13-25-20/h3-15H,1-2H3. The lowest BCUT2D eigenvalue weighted by atomic mass is 9.98. The lowest BCUT2D eigenvalue weighted by molar-refractivity contribution is 0.0827. The first kappa shape index (κ1) is 18.0. The first-order chi connectivity index (χ1) is 14.6. The lowest BCUT2D eigenvalue weighted by Gasteiger charge is -2.10. The molecule has 1 amide bonds. The second kappa shape index (κ2) is 7.08. The molecule has 1 aromatic carbocycles. The highest BCUT2D eigenvalue weighted by Gasteiger charge is 2.20. The largest absolute Gasteiger partial charge is 0.345 e. The van der Waals surface area contributed by atoms with Gasteiger partial charge in [0.05, 0.1) is 22.3 Å². The van der Waals surface area contributed by atoms with Crippen LogP contribution in [0.1, 0.15) is 10.4 Å². The summed E-state index contributed by atoms with van der Waals surface area (Å²) < 4.78 is 1.77. The molecule has 6 heteroatoms. The van der Waals surface area contributed by atoms with E-state index in [1.54, 1.807) is 35.9 Å². The predicted octanol–water partition coefficient (Wildman–Crippen LogP) is 4.31. The quantitative estimate of drug-likeness (QED) is 0.458. The smallest absolute Gasteiger partial charge is 0.254 e. The van der Waals surface area contributed by atoms with E-state index in [1.807, 2.05) is 60.8 Å². The van der Waals surface area contributed by atoms with Gasteiger partial charge in [-0.2, -0.15) is 5.10 Å². The van der Waals surface area contributed by atoms with Crippen molar-refractivity contribution in [1.82, 2.24) is 24.5 Å². The monoisotopic (exact) mass is 393 g/mol. The van der Waals surface area contributed by atoms with Gasteiger partial charge in [-0.15, -0.1) is 0 Å². The minimum Gasteiger partial charge on any atom is -0.345 e. The van der Waals surface area contributed by atoms with Crippen molar-refractivity contribution < 1.29 is 4.79 Å². The third-order valence-electron chi connectivity index (χ3n) is 5.11. The molecule has 0 radical (unpaired) electrons. The molecule has 0 unspecified atom stereocenters. The second-order valence-electron chi connectivity index (χ2n) is 7.26. The van der Waals surface area contributed by atoms with E-state index in [4.69, 9.17) is 5.10 Å². The van der Waals surface area contributed by atoms with E-state index in [9.17, 15) is 4.79 Å². The number of carbonyl (C=O) groups excluding carboxylic acids is 1. The number of benzene rings is 1. The van der Waals surface area contributed by atoms with Crippen molar-refractivity contribution in [3.8, 4) is 22.5 Å². The van der Waals surface area contributed by atoms with Gasteiger partial charge in [0, 0.05) is 43.6 Å². The van der Waals surface area contributed by atoms with Gasteiger partial charge in [-0.05, 0) is 42.0 Å². The summed E-state index contributed by atoms with van der Waals surface area (Å²) >= 11 is 0. The zero-order valence-electron chi connectivity index (χ0n) is 16.6. The number of nitrogens with zero attached hydrogens (tertiary/aromatic N) is 5. The molecular weight excluding hydrogens is 374 g/mol. The average Bonchev–Trinajstić information content (AvgIpc) is 3.17. The Morgan fingerprint density at radius 1 is 0.900 bits per heavy atom. The summed E-state index contributed by atoms with van der Waals surface area (Å²) in [7, 11) is 3.48. The number of hydrogen-bond acceptors (Lipinski definition) is 4. The highest BCUT2D eigenvalue weighted by atomic mass is 16.2. The van der Waals surface area contributed by atoms with E-state index in [0.717, 1.165) is 38.9 Å². The number of hydrogen-bond donors (Lipinski definition) is 0. The minimum absolute atomic E-state index is 0.0669. The van der Waals surface area contributed by atoms with Crippen LogP contribution in [0.2, 0.25) is 0 Å². The number of rotatable bonds is 3. The number of fused-ring (bicyclic) bond motifs is 2. The zero-order valence-corrected chi connectivity index (χ0v) is 16.6. The molecule has 4 aromatic heterocycles. The molecule has 0 atom stereocenters. The molecule has 0 saturated heterocycles. The Kier molecular flexibility index (Phi) is 4.25. The zero-order chi connectivity index (χ0) is 20.7. The van der Waals surface area contributed by atoms with Gasteiger partial charge in [0.2, 0.25) is 0 Å². The maximum absolute atomic E-state index is 12.5. The van der Waals surface area contributed by atoms with E-state index in [2.05, 4.69) is 16.0 Å². The van der Waals surface area contributed by atoms with Crippen molar-refractivity contribution in [2.75, 3.05) is 14.1 Å². The maximum atomic E-state index is 12.5. The van der Waals surface area contributed by atoms with Gasteiger partial charge < -0.3 is 4.90 Å². The summed E-state index contributed by atoms with van der Waals surface area (Å²) in [5, 5.41) is 5.87. The van der Waals surface area contributed by atoms with Crippen molar-refractivity contribution in [3.05, 3.63) is 84.8 Å². The molecule has 0 fully saturated rings. The number of carbonyl (C=O) groups is 1. The fraction of sp³-hybridized carbons (Fsp3) is 0.0833. The summed E-state index contributed by atoms with van der Waals surface area (Å²) in [5.74, 6) is -0.0669. The number of amides is 1. The van der Waals surface area contributed by atoms with Gasteiger partial charge >= 0.3 is 0 Å². The van der Waals surface area contributed by atoms with Gasteiger partial charge in [-0.1, -0.05) is 24.3 Å². The Morgan fingerprint density at radius 2 is 1.73 bits per heavy atom. The highest BCUT2D eigenvalue weighted by molar-refractivity contribution is 6.03. The first-order valence-electron chi connectivity index (χ1n) is 9.63. The molecule has 6 nitrogen and oxygen atoms in total. The van der Waals surface area contributed by atoms with Crippen molar-refractivity contribution in [2.45, 2.75) is 0 Å². The van der Waals surface area contributed by atoms with Crippen molar-refractivity contribution in [2.24, 2.45) is 0 Å². The third-order valence-corrected chi connectivity index (χ3v) is 5.11. The third kappa shape index (κ3) is 2.90. The van der Waals surface area contributed by atoms with Gasteiger partial charge in [0.15, 0.2) is 0 Å². The molecule has 0 spiro atoms. The van der Waals surface area contributed by atoms with Crippen LogP contribution in [0, 0.1) is 0 Å². The van der Waals surface area contributed by atoms with Gasteiger partial charge in [-0.3, -0.25) is 14.8 Å². The van der Waals surface area contributed by atoms with Gasteiger partial charge in [0.25, 0.3) is 5.91 Å². The van der Waals surface area contributed by atoms with Crippen LogP contribution >= 0.6 is 0 Å². The number of para-hydroxylation sites is 1. The molecule has 0 aliphatic heterocycles. The summed E-state index contributed by atoms with van der Waals surface area (Å²) in [5.41, 5.74) is 5.94. The molecular formula is C24H19N5O. The Morgan fingerprint density at radius 3 is 2.53 bits per heavy atom. The topological polar surface area (TPSA) is 63.4 Å². The fourth-order valence-electron chi connectivity index (χ4n) is 3.70. The summed E-state index contributed by atoms with van der Waals surface area (Å²) in [4.78, 5) is 23.0. The highest BCUT2D eigenvalue weighted by Crippen LogP contribution is 2.37. The van der Waals surface area contributed by atoms with Crippen LogP contribution in [0.3, 0.4) is 0 Å². The van der Waals surface area contributed by atoms with E-state index in [0.29, 0.717) is 5.56 Å². The predicted molar refractivity (Wildman–Crippen MR) is 117 cm³/mol. The van der Waals surface area contributed by atoms with Crippen LogP contribution < -0.4 is 0 Å². The molecule has 146 valence electrons. The van der Waals surface area contributed by atoms with Crippen molar-refractivity contribution >= 4 is 22.3 Å². The van der Waals surface area contributed by atoms with E-state index in [1.165, 1.54) is 0 Å². The van der Waals surface area contributed by atoms with Gasteiger partial charge in [0.1, 0.15) is 5.69 Å². The van der Waals surface area contributed by atoms with Gasteiger partial charge in [-0.25, -0.2) is 4.52 Å². The molecule has 5 rings (SSSR count). The van der Waals surface area contributed by atoms with Crippen LogP contribution in [-0.4, -0.2) is 44.5 Å². The number of aromatic nitrogens is 4. The molecule has 0 bridgehead atoms. The number of pyridine rings is 3. The van der Waals surface area contributed by atoms with Crippen molar-refractivity contribution in [1.29, 1.82) is 0 Å². The van der Waals surface area contributed by atoms with E-state index < -0.39 is 0 Å². The van der Waals surface area contributed by atoms with E-state index >= 15 is 0 Å². The second-order valence-corrected chi connectivity index (χ2v) is 7.26. The molecule has 0 N–H and O–H groups in total. The Labute approximate surface area is 173 Å². The molecule has 0 aliphatic rings. The van der Waals surface area contributed by atoms with Crippen LogP contribution in [-0.2, 0) is 0 Å². The van der Waals surface area contributed by atoms with Crippen LogP contribution in [0.25, 0.3) is 38.9 Å². The Bertz CT molecular complexity index is 1380. The summed E-state index contributed by atoms with van der Waals surface area (Å²) in [6.45, 7) is 0. The van der Waals surface area contributed by atoms with Crippen LogP contribution in [0.15, 0.2) is 79.3 Å². The Balaban J connectivity index is 1.84. The normalized spacial score (nSPS) is 11.1. The lowest BCUT2D eigenvalue weighted by Crippen LogP contribution is -2.21. The SMILES string of the molecule is CN(C)C(=O)c1ccc2c(-c3ccnc4ccccc34)c(-c3ccccn3)nn2c1. The first-order valence-corrected chi connectivity index (χ1v) is 9.63. The molecule has 5 aromatic rings. The average molecular weight is 393 g/mol. The maximum Gasteiger partial charge on any atom is 0.254 e. The Hall–Kier alpha value is -4.06. The van der Waals surface area contributed by atoms with Crippen LogP contribution in [0.5, 0.6) is 0 Å². The molecule has 4 heterocycles. The fourth-order valence-corrected chi connectivity index (χ4v) is 3.70. The summed E-state index contributed by atoms with van der Waals surface area (Å²) in [6, 6.07) is 19.6. The van der Waals surface area contributed by atoms with Crippen LogP contribution in [0.4, 0.5) is 0 Å². The molecule has 0 saturated carbocycles. The summed E-state index contributed by atoms with van der Waals surface area (Å²) in [6.07, 6.45) is 5.35. The minimum atomic E-state index is -0.0669. The van der Waals surface area contributed by atoms with Crippen molar-refractivity contribution in [3.63, 3.8) is 0 Å². The molecule has 30 heavy (non-hydrogen) atoms. The molecule has 0 aliphatic carbocycles.